The molecule has 0 aliphatic carbocycles. The predicted molar refractivity (Wildman–Crippen MR) is 119 cm³/mol. The van der Waals surface area contributed by atoms with Crippen LogP contribution in [-0.4, -0.2) is 60.2 Å². The van der Waals surface area contributed by atoms with Crippen LogP contribution in [0.2, 0.25) is 5.02 Å². The standard InChI is InChI=1S/C22H23ClFN3O2S/c23-16-4-3-5-17(14-16)27-11-10-26(22(27)29)15-21(28)25-9-8-20(30-13-12-25)18-6-1-2-7-19(18)24/h1-7,14,20H,8-13,15H2. The SMILES string of the molecule is O=C(CN1CCN(c2cccc(Cl)c2)C1=O)N1CCSC(c2ccccc2F)CC1. The van der Waals surface area contributed by atoms with Crippen molar-refractivity contribution in [1.82, 2.24) is 9.80 Å². The van der Waals surface area contributed by atoms with Crippen LogP contribution in [0.3, 0.4) is 0 Å². The summed E-state index contributed by atoms with van der Waals surface area (Å²) in [5.74, 6) is 0.484. The van der Waals surface area contributed by atoms with Gasteiger partial charge in [-0.05, 0) is 30.7 Å². The molecule has 1 atom stereocenters. The van der Waals surface area contributed by atoms with Gasteiger partial charge in [-0.15, -0.1) is 0 Å². The van der Waals surface area contributed by atoms with Gasteiger partial charge in [-0.3, -0.25) is 9.69 Å². The summed E-state index contributed by atoms with van der Waals surface area (Å²) in [6.45, 7) is 2.25. The molecule has 5 nitrogen and oxygen atoms in total. The summed E-state index contributed by atoms with van der Waals surface area (Å²) in [6.07, 6.45) is 0.694. The molecule has 8 heteroatoms. The molecule has 30 heavy (non-hydrogen) atoms. The Hall–Kier alpha value is -2.25. The van der Waals surface area contributed by atoms with Crippen LogP contribution in [0.1, 0.15) is 17.2 Å². The molecule has 2 saturated heterocycles. The van der Waals surface area contributed by atoms with Gasteiger partial charge in [0, 0.05) is 53.5 Å². The maximum atomic E-state index is 14.1. The van der Waals surface area contributed by atoms with Crippen molar-refractivity contribution in [3.8, 4) is 0 Å². The van der Waals surface area contributed by atoms with E-state index >= 15 is 0 Å². The molecule has 2 aliphatic heterocycles. The van der Waals surface area contributed by atoms with Crippen molar-refractivity contribution in [1.29, 1.82) is 0 Å². The van der Waals surface area contributed by atoms with Gasteiger partial charge >= 0.3 is 6.03 Å². The molecule has 2 heterocycles. The molecular formula is C22H23ClFN3O2S. The monoisotopic (exact) mass is 447 g/mol. The van der Waals surface area contributed by atoms with Gasteiger partial charge in [0.05, 0.1) is 0 Å². The number of carbonyl (C=O) groups is 2. The molecule has 0 radical (unpaired) electrons. The van der Waals surface area contributed by atoms with Gasteiger partial charge in [-0.25, -0.2) is 9.18 Å². The van der Waals surface area contributed by atoms with E-state index < -0.39 is 0 Å². The summed E-state index contributed by atoms with van der Waals surface area (Å²) in [4.78, 5) is 30.7. The lowest BCUT2D eigenvalue weighted by Gasteiger charge is -2.24. The summed E-state index contributed by atoms with van der Waals surface area (Å²) < 4.78 is 14.1. The van der Waals surface area contributed by atoms with Gasteiger partial charge in [0.2, 0.25) is 5.91 Å². The number of carbonyl (C=O) groups excluding carboxylic acids is 2. The molecule has 1 unspecified atom stereocenters. The van der Waals surface area contributed by atoms with Crippen molar-refractivity contribution < 1.29 is 14.0 Å². The minimum atomic E-state index is -0.196. The third-order valence-electron chi connectivity index (χ3n) is 5.49. The fraction of sp³-hybridized carbons (Fsp3) is 0.364. The molecular weight excluding hydrogens is 425 g/mol. The van der Waals surface area contributed by atoms with Crippen molar-refractivity contribution >= 4 is 41.0 Å². The van der Waals surface area contributed by atoms with Crippen LogP contribution in [-0.2, 0) is 4.79 Å². The smallest absolute Gasteiger partial charge is 0.325 e. The number of urea groups is 1. The molecule has 0 spiro atoms. The van der Waals surface area contributed by atoms with Crippen LogP contribution in [0, 0.1) is 5.82 Å². The van der Waals surface area contributed by atoms with Crippen molar-refractivity contribution in [2.45, 2.75) is 11.7 Å². The summed E-state index contributed by atoms with van der Waals surface area (Å²) in [7, 11) is 0. The number of rotatable bonds is 4. The normalized spacial score (nSPS) is 19.9. The second-order valence-corrected chi connectivity index (χ2v) is 9.13. The quantitative estimate of drug-likeness (QED) is 0.696. The van der Waals surface area contributed by atoms with Crippen LogP contribution in [0.5, 0.6) is 0 Å². The van der Waals surface area contributed by atoms with E-state index in [1.165, 1.54) is 6.07 Å². The number of halogens is 2. The third-order valence-corrected chi connectivity index (χ3v) is 7.03. The first-order valence-corrected chi connectivity index (χ1v) is 11.4. The average molecular weight is 448 g/mol. The number of thioether (sulfide) groups is 1. The Labute approximate surface area is 184 Å². The van der Waals surface area contributed by atoms with E-state index in [4.69, 9.17) is 11.6 Å². The zero-order valence-electron chi connectivity index (χ0n) is 16.5. The van der Waals surface area contributed by atoms with Crippen LogP contribution >= 0.6 is 23.4 Å². The Morgan fingerprint density at radius 2 is 1.93 bits per heavy atom. The second-order valence-electron chi connectivity index (χ2n) is 7.39. The fourth-order valence-corrected chi connectivity index (χ4v) is 5.32. The Morgan fingerprint density at radius 3 is 2.73 bits per heavy atom. The first-order valence-electron chi connectivity index (χ1n) is 9.99. The number of benzene rings is 2. The van der Waals surface area contributed by atoms with Gasteiger partial charge < -0.3 is 9.80 Å². The highest BCUT2D eigenvalue weighted by molar-refractivity contribution is 7.99. The molecule has 2 aromatic rings. The number of nitrogens with zero attached hydrogens (tertiary/aromatic N) is 3. The maximum Gasteiger partial charge on any atom is 0.325 e. The van der Waals surface area contributed by atoms with E-state index in [1.54, 1.807) is 50.7 Å². The number of amides is 3. The maximum absolute atomic E-state index is 14.1. The summed E-state index contributed by atoms with van der Waals surface area (Å²) in [6, 6.07) is 13.8. The Balaban J connectivity index is 1.35. The van der Waals surface area contributed by atoms with Gasteiger partial charge in [-0.2, -0.15) is 11.8 Å². The predicted octanol–water partition coefficient (Wildman–Crippen LogP) is 4.43. The molecule has 0 saturated carbocycles. The molecule has 2 aromatic carbocycles. The highest BCUT2D eigenvalue weighted by Crippen LogP contribution is 2.35. The van der Waals surface area contributed by atoms with Crippen LogP contribution < -0.4 is 4.90 Å². The minimum Gasteiger partial charge on any atom is -0.340 e. The number of anilines is 1. The van der Waals surface area contributed by atoms with E-state index in [2.05, 4.69) is 0 Å². The van der Waals surface area contributed by atoms with E-state index in [9.17, 15) is 14.0 Å². The second kappa shape index (κ2) is 9.27. The van der Waals surface area contributed by atoms with Crippen LogP contribution in [0.25, 0.3) is 0 Å². The summed E-state index contributed by atoms with van der Waals surface area (Å²) in [5, 5.41) is 0.608. The number of hydrogen-bond donors (Lipinski definition) is 0. The number of hydrogen-bond acceptors (Lipinski definition) is 3. The van der Waals surface area contributed by atoms with E-state index in [0.717, 1.165) is 11.4 Å². The zero-order chi connectivity index (χ0) is 21.1. The lowest BCUT2D eigenvalue weighted by atomic mass is 10.1. The lowest BCUT2D eigenvalue weighted by Crippen LogP contribution is -2.43. The molecule has 2 fully saturated rings. The topological polar surface area (TPSA) is 43.9 Å². The fourth-order valence-electron chi connectivity index (χ4n) is 3.88. The van der Waals surface area contributed by atoms with E-state index in [0.29, 0.717) is 43.2 Å². The van der Waals surface area contributed by atoms with Crippen molar-refractivity contribution in [3.63, 3.8) is 0 Å². The molecule has 0 bridgehead atoms. The first kappa shape index (κ1) is 21.0. The Bertz CT molecular complexity index is 944. The largest absolute Gasteiger partial charge is 0.340 e. The zero-order valence-corrected chi connectivity index (χ0v) is 18.0. The van der Waals surface area contributed by atoms with Gasteiger partial charge in [-0.1, -0.05) is 35.9 Å². The Kier molecular flexibility index (Phi) is 6.49. The Morgan fingerprint density at radius 1 is 1.10 bits per heavy atom. The molecule has 2 aliphatic rings. The van der Waals surface area contributed by atoms with Gasteiger partial charge in [0.25, 0.3) is 0 Å². The molecule has 4 rings (SSSR count). The summed E-state index contributed by atoms with van der Waals surface area (Å²) in [5.41, 5.74) is 1.44. The van der Waals surface area contributed by atoms with Crippen LogP contribution in [0.4, 0.5) is 14.9 Å². The molecule has 0 aromatic heterocycles. The van der Waals surface area contributed by atoms with Crippen LogP contribution in [0.15, 0.2) is 48.5 Å². The van der Waals surface area contributed by atoms with Crippen molar-refractivity contribution in [3.05, 3.63) is 64.9 Å². The first-order chi connectivity index (χ1) is 14.5. The third kappa shape index (κ3) is 4.57. The van der Waals surface area contributed by atoms with E-state index in [1.807, 2.05) is 18.2 Å². The van der Waals surface area contributed by atoms with Gasteiger partial charge in [0.1, 0.15) is 12.4 Å². The highest BCUT2D eigenvalue weighted by Gasteiger charge is 2.32. The molecule has 0 N–H and O–H groups in total. The average Bonchev–Trinajstić information content (AvgIpc) is 2.94. The molecule has 158 valence electrons. The summed E-state index contributed by atoms with van der Waals surface area (Å²) >= 11 is 7.72. The van der Waals surface area contributed by atoms with Crippen molar-refractivity contribution in [2.75, 3.05) is 43.4 Å². The lowest BCUT2D eigenvalue weighted by molar-refractivity contribution is -0.131. The van der Waals surface area contributed by atoms with Crippen molar-refractivity contribution in [2.24, 2.45) is 0 Å². The molecule has 3 amide bonds. The highest BCUT2D eigenvalue weighted by atomic mass is 35.5. The minimum absolute atomic E-state index is 0.0377. The van der Waals surface area contributed by atoms with E-state index in [-0.39, 0.29) is 29.6 Å². The van der Waals surface area contributed by atoms with Gasteiger partial charge in [0.15, 0.2) is 0 Å².